The van der Waals surface area contributed by atoms with Crippen molar-refractivity contribution in [1.29, 1.82) is 0 Å². The Labute approximate surface area is 127 Å². The zero-order chi connectivity index (χ0) is 15.3. The Bertz CT molecular complexity index is 508. The maximum Gasteiger partial charge on any atom is 0.320 e. The Hall–Kier alpha value is -1.29. The number of benzene rings is 1. The lowest BCUT2D eigenvalue weighted by molar-refractivity contribution is 0.409. The standard InChI is InChI=1S/C6H5Cl.C2H3NO3S2.CH3NOS/c7-6-4-2-1-3-5-6;1-6-2(7)3-8(4)5;2-1(3)4/h1-5H;1H3;(H3,2,3,4). The number of nitrogens with two attached hydrogens (primary N) is 1. The molecule has 0 aromatic heterocycles. The van der Waals surface area contributed by atoms with E-state index in [9.17, 15) is 8.42 Å². The Morgan fingerprint density at radius 2 is 1.79 bits per heavy atom. The fourth-order valence-electron chi connectivity index (χ4n) is 0.513. The number of methoxy groups -OCH3 is 1. The van der Waals surface area contributed by atoms with E-state index in [0.29, 0.717) is 0 Å². The molecule has 0 heterocycles. The minimum absolute atomic E-state index is 0.279. The lowest BCUT2D eigenvalue weighted by Gasteiger charge is -1.84. The second-order valence-corrected chi connectivity index (χ2v) is 4.23. The molecule has 0 aliphatic heterocycles. The monoisotopic (exact) mass is 342 g/mol. The van der Waals surface area contributed by atoms with Gasteiger partial charge in [0.05, 0.1) is 7.11 Å². The highest BCUT2D eigenvalue weighted by Crippen LogP contribution is 2.03. The second-order valence-electron chi connectivity index (χ2n) is 2.41. The second kappa shape index (κ2) is 13.1. The van der Waals surface area contributed by atoms with Crippen LogP contribution < -0.4 is 5.73 Å². The van der Waals surface area contributed by atoms with Gasteiger partial charge in [0, 0.05) is 5.02 Å². The summed E-state index contributed by atoms with van der Waals surface area (Å²) in [6.07, 6.45) is 0. The molecule has 0 saturated carbocycles. The number of halogens is 1. The third-order valence-electron chi connectivity index (χ3n) is 1.06. The minimum atomic E-state index is -2.49. The number of hydrogen-bond donors (Lipinski definition) is 2. The average molecular weight is 343 g/mol. The van der Waals surface area contributed by atoms with Crippen LogP contribution in [0, 0.1) is 0 Å². The van der Waals surface area contributed by atoms with Crippen molar-refractivity contribution < 1.29 is 18.3 Å². The first-order valence-electron chi connectivity index (χ1n) is 4.37. The number of hydrogen-bond acceptors (Lipinski definition) is 5. The van der Waals surface area contributed by atoms with Crippen LogP contribution in [0.15, 0.2) is 34.7 Å². The Morgan fingerprint density at radius 3 is 1.95 bits per heavy atom. The number of rotatable bonds is 0. The molecule has 1 aromatic rings. The van der Waals surface area contributed by atoms with Crippen molar-refractivity contribution in [1.82, 2.24) is 0 Å². The Balaban J connectivity index is 0. The zero-order valence-electron chi connectivity index (χ0n) is 9.69. The van der Waals surface area contributed by atoms with Gasteiger partial charge in [0.2, 0.25) is 0 Å². The molecule has 3 N–H and O–H groups in total. The molecular weight excluding hydrogens is 332 g/mol. The van der Waals surface area contributed by atoms with Crippen LogP contribution in [0.2, 0.25) is 5.02 Å². The normalized spacial score (nSPS) is 7.68. The van der Waals surface area contributed by atoms with E-state index < -0.39 is 15.7 Å². The van der Waals surface area contributed by atoms with Gasteiger partial charge in [-0.25, -0.2) is 0 Å². The van der Waals surface area contributed by atoms with Crippen LogP contribution in [0.3, 0.4) is 0 Å². The highest BCUT2D eigenvalue weighted by Gasteiger charge is 1.84. The molecular formula is C9H11ClN2O4S3. The van der Waals surface area contributed by atoms with Gasteiger partial charge in [-0.3, -0.25) is 0 Å². The summed E-state index contributed by atoms with van der Waals surface area (Å²) in [5.74, 6) is 0. The van der Waals surface area contributed by atoms with E-state index in [-0.39, 0.29) is 5.17 Å². The van der Waals surface area contributed by atoms with Gasteiger partial charge < -0.3 is 15.6 Å². The fourth-order valence-corrected chi connectivity index (χ4v) is 1.04. The summed E-state index contributed by atoms with van der Waals surface area (Å²) in [6.45, 7) is 0. The van der Waals surface area contributed by atoms with Crippen LogP contribution in [-0.2, 0) is 15.2 Å². The summed E-state index contributed by atoms with van der Waals surface area (Å²) in [5, 5.41) is 7.58. The van der Waals surface area contributed by atoms with E-state index in [4.69, 9.17) is 16.7 Å². The molecule has 10 heteroatoms. The molecule has 1 aromatic carbocycles. The molecule has 0 aliphatic rings. The molecule has 0 saturated heterocycles. The lowest BCUT2D eigenvalue weighted by atomic mass is 10.4. The SMILES string of the molecule is COC(=S)N=S(=O)=O.Clc1ccccc1.NC(O)=S. The van der Waals surface area contributed by atoms with Gasteiger partial charge in [0.25, 0.3) is 10.3 Å². The summed E-state index contributed by atoms with van der Waals surface area (Å²) in [7, 11) is -1.24. The largest absolute Gasteiger partial charge is 0.487 e. The van der Waals surface area contributed by atoms with E-state index >= 15 is 0 Å². The zero-order valence-corrected chi connectivity index (χ0v) is 12.9. The predicted molar refractivity (Wildman–Crippen MR) is 81.8 cm³/mol. The topological polar surface area (TPSA) is 102 Å². The lowest BCUT2D eigenvalue weighted by Crippen LogP contribution is -2.03. The van der Waals surface area contributed by atoms with Gasteiger partial charge in [-0.1, -0.05) is 34.2 Å². The number of aliphatic hydroxyl groups excluding tert-OH is 1. The van der Waals surface area contributed by atoms with Crippen molar-refractivity contribution in [3.05, 3.63) is 35.4 Å². The van der Waals surface area contributed by atoms with Gasteiger partial charge in [0.15, 0.2) is 0 Å². The number of aliphatic hydroxyl groups is 1. The quantitative estimate of drug-likeness (QED) is 0.696. The van der Waals surface area contributed by atoms with Crippen molar-refractivity contribution in [2.24, 2.45) is 10.1 Å². The first kappa shape index (κ1) is 20.0. The summed E-state index contributed by atoms with van der Waals surface area (Å²) in [5.41, 5.74) is 4.40. The molecule has 0 atom stereocenters. The highest BCUT2D eigenvalue weighted by molar-refractivity contribution is 7.80. The molecule has 0 spiro atoms. The molecule has 0 fully saturated rings. The number of thiocarbonyl (C=S) groups is 2. The van der Waals surface area contributed by atoms with E-state index in [2.05, 4.69) is 39.3 Å². The third-order valence-corrected chi connectivity index (χ3v) is 2.00. The van der Waals surface area contributed by atoms with E-state index in [1.54, 1.807) is 0 Å². The summed E-state index contributed by atoms with van der Waals surface area (Å²) in [6, 6.07) is 9.44. The average Bonchev–Trinajstić information content (AvgIpc) is 2.29. The van der Waals surface area contributed by atoms with Gasteiger partial charge in [-0.05, 0) is 36.6 Å². The van der Waals surface area contributed by atoms with Crippen molar-refractivity contribution in [3.63, 3.8) is 0 Å². The van der Waals surface area contributed by atoms with Crippen LogP contribution in [-0.4, -0.2) is 31.0 Å². The molecule has 106 valence electrons. The van der Waals surface area contributed by atoms with Crippen LogP contribution in [0.4, 0.5) is 0 Å². The molecule has 0 aliphatic carbocycles. The molecule has 1 rings (SSSR count). The number of ether oxygens (including phenoxy) is 1. The summed E-state index contributed by atoms with van der Waals surface area (Å²) < 4.78 is 26.3. The molecule has 0 bridgehead atoms. The summed E-state index contributed by atoms with van der Waals surface area (Å²) >= 11 is 13.7. The van der Waals surface area contributed by atoms with Gasteiger partial charge in [-0.15, -0.1) is 0 Å². The molecule has 0 radical (unpaired) electrons. The number of nitrogens with zero attached hydrogens (tertiary/aromatic N) is 1. The van der Waals surface area contributed by atoms with Gasteiger partial charge >= 0.3 is 10.5 Å². The molecule has 6 nitrogen and oxygen atoms in total. The maximum atomic E-state index is 9.63. The van der Waals surface area contributed by atoms with Crippen LogP contribution >= 0.6 is 36.0 Å². The van der Waals surface area contributed by atoms with Crippen LogP contribution in [0.5, 0.6) is 0 Å². The van der Waals surface area contributed by atoms with Crippen molar-refractivity contribution in [2.75, 3.05) is 7.11 Å². The smallest absolute Gasteiger partial charge is 0.320 e. The highest BCUT2D eigenvalue weighted by atomic mass is 35.5. The minimum Gasteiger partial charge on any atom is -0.487 e. The van der Waals surface area contributed by atoms with Crippen molar-refractivity contribution in [3.8, 4) is 0 Å². The van der Waals surface area contributed by atoms with Crippen molar-refractivity contribution in [2.45, 2.75) is 0 Å². The van der Waals surface area contributed by atoms with Gasteiger partial charge in [-0.2, -0.15) is 8.42 Å². The molecule has 0 unspecified atom stereocenters. The fraction of sp³-hybridized carbons (Fsp3) is 0.111. The summed E-state index contributed by atoms with van der Waals surface area (Å²) in [4.78, 5) is 0. The predicted octanol–water partition coefficient (Wildman–Crippen LogP) is 2.11. The Kier molecular flexibility index (Phi) is 13.9. The van der Waals surface area contributed by atoms with Gasteiger partial charge in [0.1, 0.15) is 0 Å². The first-order chi connectivity index (χ1) is 8.79. The van der Waals surface area contributed by atoms with E-state index in [1.165, 1.54) is 7.11 Å². The first-order valence-corrected chi connectivity index (χ1v) is 6.60. The third kappa shape index (κ3) is 22.4. The molecule has 19 heavy (non-hydrogen) atoms. The van der Waals surface area contributed by atoms with E-state index in [0.717, 1.165) is 5.02 Å². The van der Waals surface area contributed by atoms with E-state index in [1.807, 2.05) is 30.3 Å². The van der Waals surface area contributed by atoms with Crippen LogP contribution in [0.25, 0.3) is 0 Å². The maximum absolute atomic E-state index is 9.63. The Morgan fingerprint density at radius 1 is 1.37 bits per heavy atom. The van der Waals surface area contributed by atoms with Crippen LogP contribution in [0.1, 0.15) is 0 Å². The van der Waals surface area contributed by atoms with Crippen molar-refractivity contribution >= 4 is 56.9 Å². The molecule has 0 amide bonds.